The van der Waals surface area contributed by atoms with Crippen molar-refractivity contribution in [3.8, 4) is 17.2 Å². The molecule has 1 heterocycles. The van der Waals surface area contributed by atoms with Crippen molar-refractivity contribution in [2.45, 2.75) is 12.5 Å². The number of carbonyl (C=O) groups excluding carboxylic acids is 1. The van der Waals surface area contributed by atoms with Gasteiger partial charge < -0.3 is 24.2 Å². The number of carboxylic acids is 1. The second kappa shape index (κ2) is 6.38. The molecule has 7 nitrogen and oxygen atoms in total. The van der Waals surface area contributed by atoms with Gasteiger partial charge in [0.15, 0.2) is 11.5 Å². The van der Waals surface area contributed by atoms with Crippen LogP contribution < -0.4 is 14.2 Å². The molecule has 0 unspecified atom stereocenters. The van der Waals surface area contributed by atoms with Gasteiger partial charge in [-0.1, -0.05) is 6.08 Å². The number of aliphatic carboxylic acids is 1. The first-order chi connectivity index (χ1) is 10.5. The Labute approximate surface area is 127 Å². The van der Waals surface area contributed by atoms with Gasteiger partial charge in [0.2, 0.25) is 5.75 Å². The van der Waals surface area contributed by atoms with Crippen molar-refractivity contribution in [1.82, 2.24) is 4.90 Å². The van der Waals surface area contributed by atoms with Crippen LogP contribution in [0, 0.1) is 0 Å². The van der Waals surface area contributed by atoms with E-state index in [0.29, 0.717) is 17.2 Å². The topological polar surface area (TPSA) is 85.3 Å². The third-order valence-corrected chi connectivity index (χ3v) is 3.39. The highest BCUT2D eigenvalue weighted by Crippen LogP contribution is 2.38. The zero-order valence-corrected chi connectivity index (χ0v) is 12.5. The fourth-order valence-corrected chi connectivity index (χ4v) is 2.30. The maximum atomic E-state index is 12.6. The Morgan fingerprint density at radius 1 is 1.14 bits per heavy atom. The fourth-order valence-electron chi connectivity index (χ4n) is 2.30. The van der Waals surface area contributed by atoms with E-state index < -0.39 is 17.9 Å². The van der Waals surface area contributed by atoms with Crippen LogP contribution in [0.5, 0.6) is 17.2 Å². The number of methoxy groups -OCH3 is 3. The van der Waals surface area contributed by atoms with Gasteiger partial charge in [-0.2, -0.15) is 0 Å². The molecule has 1 aliphatic heterocycles. The van der Waals surface area contributed by atoms with Gasteiger partial charge in [0.05, 0.1) is 21.3 Å². The summed E-state index contributed by atoms with van der Waals surface area (Å²) in [4.78, 5) is 24.9. The Balaban J connectivity index is 2.42. The van der Waals surface area contributed by atoms with E-state index >= 15 is 0 Å². The van der Waals surface area contributed by atoms with E-state index in [1.165, 1.54) is 44.6 Å². The summed E-state index contributed by atoms with van der Waals surface area (Å²) < 4.78 is 15.6. The Bertz CT molecular complexity index is 599. The van der Waals surface area contributed by atoms with Crippen molar-refractivity contribution in [3.63, 3.8) is 0 Å². The minimum absolute atomic E-state index is 0.257. The highest BCUT2D eigenvalue weighted by molar-refractivity contribution is 5.99. The first kappa shape index (κ1) is 15.7. The Hall–Kier alpha value is -2.70. The predicted molar refractivity (Wildman–Crippen MR) is 77.4 cm³/mol. The van der Waals surface area contributed by atoms with Crippen LogP contribution in [0.1, 0.15) is 16.8 Å². The van der Waals surface area contributed by atoms with Gasteiger partial charge in [-0.3, -0.25) is 4.79 Å². The number of carbonyl (C=O) groups is 2. The van der Waals surface area contributed by atoms with E-state index in [9.17, 15) is 9.59 Å². The first-order valence-electron chi connectivity index (χ1n) is 6.55. The average Bonchev–Trinajstić information content (AvgIpc) is 3.02. The van der Waals surface area contributed by atoms with Crippen molar-refractivity contribution in [3.05, 3.63) is 30.0 Å². The van der Waals surface area contributed by atoms with Crippen LogP contribution in [-0.2, 0) is 4.79 Å². The Morgan fingerprint density at radius 3 is 2.18 bits per heavy atom. The number of carboxylic acid groups (broad SMARTS) is 1. The molecule has 0 saturated heterocycles. The van der Waals surface area contributed by atoms with Gasteiger partial charge in [-0.25, -0.2) is 4.79 Å². The molecule has 0 saturated carbocycles. The lowest BCUT2D eigenvalue weighted by Gasteiger charge is -2.21. The van der Waals surface area contributed by atoms with E-state index in [-0.39, 0.29) is 12.0 Å². The molecule has 0 spiro atoms. The second-order valence-corrected chi connectivity index (χ2v) is 4.60. The fraction of sp³-hybridized carbons (Fsp3) is 0.333. The van der Waals surface area contributed by atoms with E-state index in [2.05, 4.69) is 0 Å². The van der Waals surface area contributed by atoms with Crippen molar-refractivity contribution in [1.29, 1.82) is 0 Å². The van der Waals surface area contributed by atoms with Crippen LogP contribution in [0.4, 0.5) is 0 Å². The Kier molecular flexibility index (Phi) is 4.55. The van der Waals surface area contributed by atoms with Crippen molar-refractivity contribution in [2.75, 3.05) is 21.3 Å². The summed E-state index contributed by atoms with van der Waals surface area (Å²) >= 11 is 0. The molecule has 1 N–H and O–H groups in total. The third-order valence-electron chi connectivity index (χ3n) is 3.39. The molecule has 1 aliphatic rings. The molecule has 0 aliphatic carbocycles. The average molecular weight is 307 g/mol. The largest absolute Gasteiger partial charge is 0.493 e. The maximum Gasteiger partial charge on any atom is 0.327 e. The van der Waals surface area contributed by atoms with Gasteiger partial charge in [0, 0.05) is 11.8 Å². The van der Waals surface area contributed by atoms with Crippen LogP contribution in [0.3, 0.4) is 0 Å². The highest BCUT2D eigenvalue weighted by atomic mass is 16.5. The zero-order chi connectivity index (χ0) is 16.3. The molecule has 1 amide bonds. The number of hydrogen-bond acceptors (Lipinski definition) is 5. The van der Waals surface area contributed by atoms with Crippen LogP contribution in [0.15, 0.2) is 24.4 Å². The molecule has 7 heteroatoms. The molecule has 0 bridgehead atoms. The molecule has 118 valence electrons. The molecule has 0 fully saturated rings. The summed E-state index contributed by atoms with van der Waals surface area (Å²) in [5.41, 5.74) is 0.257. The summed E-state index contributed by atoms with van der Waals surface area (Å²) in [6.07, 6.45) is 3.41. The summed E-state index contributed by atoms with van der Waals surface area (Å²) in [5, 5.41) is 9.16. The third kappa shape index (κ3) is 2.69. The number of ether oxygens (including phenoxy) is 3. The minimum atomic E-state index is -1.05. The standard InChI is InChI=1S/C15H17NO6/c1-20-11-7-9(8-12(21-2)13(11)22-3)14(17)16-6-4-5-10(16)15(18)19/h4,6-8,10H,5H2,1-3H3,(H,18,19)/t10-/m0/s1. The lowest BCUT2D eigenvalue weighted by molar-refractivity contribution is -0.141. The summed E-state index contributed by atoms with van der Waals surface area (Å²) in [6, 6.07) is 2.09. The molecule has 0 aromatic heterocycles. The van der Waals surface area contributed by atoms with Crippen molar-refractivity contribution >= 4 is 11.9 Å². The SMILES string of the molecule is COc1cc(C(=O)N2C=CC[C@H]2C(=O)O)cc(OC)c1OC. The summed E-state index contributed by atoms with van der Waals surface area (Å²) in [6.45, 7) is 0. The molecular weight excluding hydrogens is 290 g/mol. The van der Waals surface area contributed by atoms with Crippen LogP contribution >= 0.6 is 0 Å². The van der Waals surface area contributed by atoms with E-state index in [1.54, 1.807) is 6.08 Å². The summed E-state index contributed by atoms with van der Waals surface area (Å²) in [7, 11) is 4.36. The van der Waals surface area contributed by atoms with Gasteiger partial charge in [-0.05, 0) is 18.6 Å². The van der Waals surface area contributed by atoms with E-state index in [1.807, 2.05) is 0 Å². The number of amides is 1. The lowest BCUT2D eigenvalue weighted by Crippen LogP contribution is -2.38. The van der Waals surface area contributed by atoms with Gasteiger partial charge >= 0.3 is 5.97 Å². The van der Waals surface area contributed by atoms with E-state index in [4.69, 9.17) is 19.3 Å². The van der Waals surface area contributed by atoms with E-state index in [0.717, 1.165) is 0 Å². The zero-order valence-electron chi connectivity index (χ0n) is 12.5. The van der Waals surface area contributed by atoms with Gasteiger partial charge in [-0.15, -0.1) is 0 Å². The number of benzene rings is 1. The molecule has 1 atom stereocenters. The molecule has 0 radical (unpaired) electrons. The second-order valence-electron chi connectivity index (χ2n) is 4.60. The maximum absolute atomic E-state index is 12.6. The predicted octanol–water partition coefficient (Wildman–Crippen LogP) is 1.53. The molecule has 22 heavy (non-hydrogen) atoms. The number of nitrogens with zero attached hydrogens (tertiary/aromatic N) is 1. The van der Waals surface area contributed by atoms with Crippen LogP contribution in [0.2, 0.25) is 0 Å². The summed E-state index contributed by atoms with van der Waals surface area (Å²) in [5.74, 6) is -0.458. The van der Waals surface area contributed by atoms with Crippen LogP contribution in [0.25, 0.3) is 0 Å². The lowest BCUT2D eigenvalue weighted by atomic mass is 10.1. The molecular formula is C15H17NO6. The highest BCUT2D eigenvalue weighted by Gasteiger charge is 2.32. The molecule has 1 aromatic rings. The van der Waals surface area contributed by atoms with Gasteiger partial charge in [0.1, 0.15) is 6.04 Å². The van der Waals surface area contributed by atoms with Crippen LogP contribution in [-0.4, -0.2) is 49.3 Å². The quantitative estimate of drug-likeness (QED) is 0.888. The monoisotopic (exact) mass is 307 g/mol. The number of hydrogen-bond donors (Lipinski definition) is 1. The smallest absolute Gasteiger partial charge is 0.327 e. The molecule has 1 aromatic carbocycles. The minimum Gasteiger partial charge on any atom is -0.493 e. The molecule has 2 rings (SSSR count). The first-order valence-corrected chi connectivity index (χ1v) is 6.55. The van der Waals surface area contributed by atoms with Crippen molar-refractivity contribution in [2.24, 2.45) is 0 Å². The van der Waals surface area contributed by atoms with Gasteiger partial charge in [0.25, 0.3) is 5.91 Å². The Morgan fingerprint density at radius 2 is 1.73 bits per heavy atom. The number of rotatable bonds is 5. The normalized spacial score (nSPS) is 16.5. The van der Waals surface area contributed by atoms with Crippen molar-refractivity contribution < 1.29 is 28.9 Å².